The molecular weight excluding hydrogens is 264 g/mol. The minimum absolute atomic E-state index is 0.333. The molecule has 0 bridgehead atoms. The highest BCUT2D eigenvalue weighted by Crippen LogP contribution is 2.32. The average Bonchev–Trinajstić information content (AvgIpc) is 2.37. The summed E-state index contributed by atoms with van der Waals surface area (Å²) in [6.45, 7) is 2.11. The molecule has 0 aliphatic carbocycles. The van der Waals surface area contributed by atoms with Gasteiger partial charge in [-0.05, 0) is 13.0 Å². The van der Waals surface area contributed by atoms with E-state index < -0.39 is 0 Å². The van der Waals surface area contributed by atoms with Gasteiger partial charge in [-0.1, -0.05) is 23.7 Å². The van der Waals surface area contributed by atoms with E-state index in [4.69, 9.17) is 16.3 Å². The molecule has 4 nitrogen and oxygen atoms in total. The molecule has 0 saturated carbocycles. The number of hydrogen-bond acceptors (Lipinski definition) is 4. The number of hydrogen-bond donors (Lipinski definition) is 0. The van der Waals surface area contributed by atoms with E-state index in [-0.39, 0.29) is 5.97 Å². The summed E-state index contributed by atoms with van der Waals surface area (Å²) in [4.78, 5) is 18.1. The predicted octanol–water partition coefficient (Wildman–Crippen LogP) is 3.13. The molecule has 1 heterocycles. The van der Waals surface area contributed by atoms with Crippen molar-refractivity contribution in [2.75, 3.05) is 25.6 Å². The van der Waals surface area contributed by atoms with Gasteiger partial charge in [0.1, 0.15) is 5.56 Å². The molecular formula is C14H15ClN2O2. The zero-order valence-electron chi connectivity index (χ0n) is 11.1. The molecule has 19 heavy (non-hydrogen) atoms. The van der Waals surface area contributed by atoms with E-state index in [0.29, 0.717) is 22.7 Å². The average molecular weight is 279 g/mol. The Labute approximate surface area is 116 Å². The van der Waals surface area contributed by atoms with Crippen molar-refractivity contribution in [3.63, 3.8) is 0 Å². The Morgan fingerprint density at radius 3 is 2.79 bits per heavy atom. The van der Waals surface area contributed by atoms with Gasteiger partial charge in [0.05, 0.1) is 22.8 Å². The number of fused-ring (bicyclic) bond motifs is 1. The maximum absolute atomic E-state index is 12.0. The molecule has 0 N–H and O–H groups in total. The third-order valence-electron chi connectivity index (χ3n) is 2.76. The lowest BCUT2D eigenvalue weighted by molar-refractivity contribution is 0.0527. The van der Waals surface area contributed by atoms with Gasteiger partial charge >= 0.3 is 5.97 Å². The Balaban J connectivity index is 2.73. The normalized spacial score (nSPS) is 10.5. The molecule has 1 aromatic heterocycles. The molecule has 2 rings (SSSR count). The molecule has 0 radical (unpaired) electrons. The highest BCUT2D eigenvalue weighted by molar-refractivity contribution is 6.35. The number of carbonyl (C=O) groups is 1. The summed E-state index contributed by atoms with van der Waals surface area (Å²) >= 11 is 6.13. The van der Waals surface area contributed by atoms with Crippen LogP contribution in [-0.2, 0) is 4.74 Å². The highest BCUT2D eigenvalue weighted by Gasteiger charge is 2.18. The number of esters is 1. The van der Waals surface area contributed by atoms with Gasteiger partial charge in [0.2, 0.25) is 0 Å². The number of benzene rings is 1. The van der Waals surface area contributed by atoms with Crippen LogP contribution in [0.2, 0.25) is 5.02 Å². The van der Waals surface area contributed by atoms with E-state index in [9.17, 15) is 4.79 Å². The molecule has 0 saturated heterocycles. The molecule has 0 amide bonds. The van der Waals surface area contributed by atoms with Gasteiger partial charge in [0.15, 0.2) is 0 Å². The predicted molar refractivity (Wildman–Crippen MR) is 77.0 cm³/mol. The van der Waals surface area contributed by atoms with Gasteiger partial charge in [-0.2, -0.15) is 0 Å². The number of carbonyl (C=O) groups excluding carboxylic acids is 1. The summed E-state index contributed by atoms with van der Waals surface area (Å²) in [6.07, 6.45) is 1.52. The van der Waals surface area contributed by atoms with Crippen molar-refractivity contribution in [2.45, 2.75) is 6.92 Å². The maximum atomic E-state index is 12.0. The summed E-state index contributed by atoms with van der Waals surface area (Å²) in [5.41, 5.74) is 1.90. The van der Waals surface area contributed by atoms with Gasteiger partial charge in [-0.25, -0.2) is 4.79 Å². The van der Waals surface area contributed by atoms with Crippen LogP contribution in [0.3, 0.4) is 0 Å². The van der Waals surface area contributed by atoms with Crippen LogP contribution in [0, 0.1) is 0 Å². The standard InChI is InChI=1S/C14H15ClN2O2/c1-4-19-14(18)10-8-16-12-9(13(10)17(2)3)6-5-7-11(12)15/h5-8H,4H2,1-3H3. The van der Waals surface area contributed by atoms with Crippen LogP contribution >= 0.6 is 11.6 Å². The van der Waals surface area contributed by atoms with Gasteiger partial charge in [-0.15, -0.1) is 0 Å². The molecule has 0 unspecified atom stereocenters. The first-order valence-corrected chi connectivity index (χ1v) is 6.35. The van der Waals surface area contributed by atoms with Gasteiger partial charge in [0.25, 0.3) is 0 Å². The van der Waals surface area contributed by atoms with Crippen LogP contribution in [-0.4, -0.2) is 31.7 Å². The molecule has 1 aromatic carbocycles. The largest absolute Gasteiger partial charge is 0.462 e. The Morgan fingerprint density at radius 2 is 2.16 bits per heavy atom. The summed E-state index contributed by atoms with van der Waals surface area (Å²) in [5, 5.41) is 1.40. The van der Waals surface area contributed by atoms with E-state index >= 15 is 0 Å². The van der Waals surface area contributed by atoms with Crippen LogP contribution < -0.4 is 4.90 Å². The van der Waals surface area contributed by atoms with Crippen molar-refractivity contribution in [1.82, 2.24) is 4.98 Å². The number of pyridine rings is 1. The fourth-order valence-electron chi connectivity index (χ4n) is 2.01. The number of ether oxygens (including phenoxy) is 1. The first-order valence-electron chi connectivity index (χ1n) is 5.98. The van der Waals surface area contributed by atoms with Crippen LogP contribution in [0.15, 0.2) is 24.4 Å². The minimum atomic E-state index is -0.374. The molecule has 2 aromatic rings. The lowest BCUT2D eigenvalue weighted by Gasteiger charge is -2.19. The second-order valence-corrected chi connectivity index (χ2v) is 4.68. The molecule has 0 aliphatic rings. The Bertz CT molecular complexity index is 626. The third-order valence-corrected chi connectivity index (χ3v) is 3.07. The number of rotatable bonds is 3. The Hall–Kier alpha value is -1.81. The highest BCUT2D eigenvalue weighted by atomic mass is 35.5. The summed E-state index contributed by atoms with van der Waals surface area (Å²) in [5.74, 6) is -0.374. The summed E-state index contributed by atoms with van der Waals surface area (Å²) in [7, 11) is 3.75. The Kier molecular flexibility index (Phi) is 3.90. The first kappa shape index (κ1) is 13.6. The van der Waals surface area contributed by atoms with Crippen LogP contribution in [0.25, 0.3) is 10.9 Å². The van der Waals surface area contributed by atoms with E-state index in [1.54, 1.807) is 13.0 Å². The monoisotopic (exact) mass is 278 g/mol. The van der Waals surface area contributed by atoms with E-state index in [2.05, 4.69) is 4.98 Å². The lowest BCUT2D eigenvalue weighted by Crippen LogP contribution is -2.16. The van der Waals surface area contributed by atoms with E-state index in [1.807, 2.05) is 31.1 Å². The van der Waals surface area contributed by atoms with Gasteiger partial charge in [-0.3, -0.25) is 4.98 Å². The maximum Gasteiger partial charge on any atom is 0.341 e. The van der Waals surface area contributed by atoms with Crippen LogP contribution in [0.1, 0.15) is 17.3 Å². The van der Waals surface area contributed by atoms with Crippen molar-refractivity contribution in [3.8, 4) is 0 Å². The van der Waals surface area contributed by atoms with Crippen LogP contribution in [0.4, 0.5) is 5.69 Å². The second kappa shape index (κ2) is 5.45. The van der Waals surface area contributed by atoms with Crippen molar-refractivity contribution in [3.05, 3.63) is 35.0 Å². The summed E-state index contributed by atoms with van der Waals surface area (Å²) in [6, 6.07) is 5.51. The van der Waals surface area contributed by atoms with E-state index in [0.717, 1.165) is 11.1 Å². The van der Waals surface area contributed by atoms with Crippen molar-refractivity contribution >= 4 is 34.2 Å². The van der Waals surface area contributed by atoms with Crippen molar-refractivity contribution in [2.24, 2.45) is 0 Å². The number of nitrogens with zero attached hydrogens (tertiary/aromatic N) is 2. The topological polar surface area (TPSA) is 42.4 Å². The van der Waals surface area contributed by atoms with Crippen LogP contribution in [0.5, 0.6) is 0 Å². The smallest absolute Gasteiger partial charge is 0.341 e. The SMILES string of the molecule is CCOC(=O)c1cnc2c(Cl)cccc2c1N(C)C. The fourth-order valence-corrected chi connectivity index (χ4v) is 2.24. The molecule has 100 valence electrons. The molecule has 0 spiro atoms. The molecule has 0 aliphatic heterocycles. The molecule has 0 fully saturated rings. The van der Waals surface area contributed by atoms with E-state index in [1.165, 1.54) is 6.20 Å². The van der Waals surface area contributed by atoms with Gasteiger partial charge < -0.3 is 9.64 Å². The number of anilines is 1. The Morgan fingerprint density at radius 1 is 1.42 bits per heavy atom. The fraction of sp³-hybridized carbons (Fsp3) is 0.286. The second-order valence-electron chi connectivity index (χ2n) is 4.27. The quantitative estimate of drug-likeness (QED) is 0.809. The zero-order valence-corrected chi connectivity index (χ0v) is 11.9. The number of aromatic nitrogens is 1. The number of para-hydroxylation sites is 1. The van der Waals surface area contributed by atoms with Gasteiger partial charge in [0, 0.05) is 25.7 Å². The number of halogens is 1. The lowest BCUT2D eigenvalue weighted by atomic mass is 10.1. The summed E-state index contributed by atoms with van der Waals surface area (Å²) < 4.78 is 5.06. The minimum Gasteiger partial charge on any atom is -0.462 e. The molecule has 0 atom stereocenters. The van der Waals surface area contributed by atoms with Crippen molar-refractivity contribution < 1.29 is 9.53 Å². The third kappa shape index (κ3) is 2.49. The first-order chi connectivity index (χ1) is 9.06. The molecule has 5 heteroatoms. The zero-order chi connectivity index (χ0) is 14.0. The van der Waals surface area contributed by atoms with Crippen molar-refractivity contribution in [1.29, 1.82) is 0 Å².